The maximum Gasteiger partial charge on any atom is 0.130 e. The van der Waals surface area contributed by atoms with Gasteiger partial charge in [-0.05, 0) is 43.5 Å². The highest BCUT2D eigenvalue weighted by Crippen LogP contribution is 2.29. The van der Waals surface area contributed by atoms with Gasteiger partial charge in [0.15, 0.2) is 0 Å². The van der Waals surface area contributed by atoms with Crippen molar-refractivity contribution in [3.63, 3.8) is 0 Å². The summed E-state index contributed by atoms with van der Waals surface area (Å²) in [5, 5.41) is 12.1. The first-order valence-electron chi connectivity index (χ1n) is 11.6. The molecule has 5 rings (SSSR count). The highest BCUT2D eigenvalue weighted by Gasteiger charge is 2.24. The van der Waals surface area contributed by atoms with Gasteiger partial charge in [-0.25, -0.2) is 9.67 Å². The zero-order valence-electron chi connectivity index (χ0n) is 18.9. The fraction of sp³-hybridized carbons (Fsp3) is 0.269. The molecule has 0 radical (unpaired) electrons. The summed E-state index contributed by atoms with van der Waals surface area (Å²) in [7, 11) is 0. The molecule has 1 N–H and O–H groups in total. The molecule has 0 amide bonds. The molecule has 1 atom stereocenters. The number of carbonyl (C=O) groups excluding carboxylic acids is 1. The van der Waals surface area contributed by atoms with Gasteiger partial charge < -0.3 is 15.0 Å². The van der Waals surface area contributed by atoms with Crippen LogP contribution < -0.4 is 10.2 Å². The van der Waals surface area contributed by atoms with Gasteiger partial charge in [-0.3, -0.25) is 4.98 Å². The van der Waals surface area contributed by atoms with E-state index in [-0.39, 0.29) is 0 Å². The molecule has 0 aliphatic carbocycles. The Balaban J connectivity index is 1.38. The standard InChI is InChI=1S/C26H27N7O/c34-19-21(17-28-24-10-9-23(18-29-24)32-15-5-2-6-16-32)25-26(20-7-3-1-4-8-20)33(31-30-25)22-11-13-27-14-12-22/h1,3-4,7-14,18-19,21H,2,5-6,15-17H2,(H,28,29). The molecule has 0 spiro atoms. The number of carbonyl (C=O) groups is 1. The summed E-state index contributed by atoms with van der Waals surface area (Å²) in [6, 6.07) is 17.7. The molecule has 3 aromatic heterocycles. The van der Waals surface area contributed by atoms with E-state index in [0.717, 1.165) is 47.8 Å². The molecule has 172 valence electrons. The Labute approximate surface area is 198 Å². The Kier molecular flexibility index (Phi) is 6.56. The molecule has 1 fully saturated rings. The van der Waals surface area contributed by atoms with Gasteiger partial charge in [0.25, 0.3) is 0 Å². The Morgan fingerprint density at radius 3 is 2.44 bits per heavy atom. The van der Waals surface area contributed by atoms with Crippen molar-refractivity contribution in [1.82, 2.24) is 25.0 Å². The zero-order valence-corrected chi connectivity index (χ0v) is 18.9. The van der Waals surface area contributed by atoms with Crippen LogP contribution in [0.4, 0.5) is 11.5 Å². The molecule has 1 aliphatic rings. The van der Waals surface area contributed by atoms with Crippen LogP contribution >= 0.6 is 0 Å². The summed E-state index contributed by atoms with van der Waals surface area (Å²) in [6.07, 6.45) is 10.00. The van der Waals surface area contributed by atoms with Crippen molar-refractivity contribution in [1.29, 1.82) is 0 Å². The zero-order chi connectivity index (χ0) is 23.2. The summed E-state index contributed by atoms with van der Waals surface area (Å²) < 4.78 is 1.76. The summed E-state index contributed by atoms with van der Waals surface area (Å²) >= 11 is 0. The van der Waals surface area contributed by atoms with Crippen LogP contribution in [0.2, 0.25) is 0 Å². The molecule has 8 nitrogen and oxygen atoms in total. The van der Waals surface area contributed by atoms with E-state index in [1.54, 1.807) is 17.1 Å². The van der Waals surface area contributed by atoms with E-state index in [1.165, 1.54) is 19.3 Å². The predicted octanol–water partition coefficient (Wildman–Crippen LogP) is 4.11. The Bertz CT molecular complexity index is 1200. The van der Waals surface area contributed by atoms with Crippen molar-refractivity contribution in [2.45, 2.75) is 25.2 Å². The number of hydrogen-bond donors (Lipinski definition) is 1. The van der Waals surface area contributed by atoms with E-state index in [4.69, 9.17) is 0 Å². The first kappa shape index (κ1) is 21.8. The summed E-state index contributed by atoms with van der Waals surface area (Å²) in [6.45, 7) is 2.53. The molecule has 1 aliphatic heterocycles. The lowest BCUT2D eigenvalue weighted by Crippen LogP contribution is -2.29. The largest absolute Gasteiger partial charge is 0.370 e. The minimum atomic E-state index is -0.491. The number of aromatic nitrogens is 5. The fourth-order valence-corrected chi connectivity index (χ4v) is 4.33. The quantitative estimate of drug-likeness (QED) is 0.402. The van der Waals surface area contributed by atoms with Crippen LogP contribution in [-0.2, 0) is 4.79 Å². The second kappa shape index (κ2) is 10.2. The molecule has 0 bridgehead atoms. The first-order valence-corrected chi connectivity index (χ1v) is 11.6. The Morgan fingerprint density at radius 2 is 1.74 bits per heavy atom. The molecule has 34 heavy (non-hydrogen) atoms. The lowest BCUT2D eigenvalue weighted by molar-refractivity contribution is -0.108. The average Bonchev–Trinajstić information content (AvgIpc) is 3.36. The lowest BCUT2D eigenvalue weighted by Gasteiger charge is -2.28. The van der Waals surface area contributed by atoms with Gasteiger partial charge in [-0.1, -0.05) is 35.5 Å². The van der Waals surface area contributed by atoms with Gasteiger partial charge in [-0.15, -0.1) is 5.10 Å². The second-order valence-corrected chi connectivity index (χ2v) is 8.38. The molecule has 1 saturated heterocycles. The number of anilines is 2. The molecular weight excluding hydrogens is 426 g/mol. The van der Waals surface area contributed by atoms with Crippen LogP contribution in [0.15, 0.2) is 73.2 Å². The van der Waals surface area contributed by atoms with Gasteiger partial charge in [0.1, 0.15) is 17.8 Å². The molecule has 4 heterocycles. The topological polar surface area (TPSA) is 88.8 Å². The van der Waals surface area contributed by atoms with E-state index in [1.807, 2.05) is 54.7 Å². The maximum atomic E-state index is 12.2. The van der Waals surface area contributed by atoms with Gasteiger partial charge in [-0.2, -0.15) is 0 Å². The summed E-state index contributed by atoms with van der Waals surface area (Å²) in [5.41, 5.74) is 4.33. The fourth-order valence-electron chi connectivity index (χ4n) is 4.33. The van der Waals surface area contributed by atoms with Crippen LogP contribution in [-0.4, -0.2) is 50.9 Å². The van der Waals surface area contributed by atoms with E-state index in [2.05, 4.69) is 36.6 Å². The Hall–Kier alpha value is -4.07. The maximum absolute atomic E-state index is 12.2. The molecule has 8 heteroatoms. The second-order valence-electron chi connectivity index (χ2n) is 8.38. The van der Waals surface area contributed by atoms with Crippen LogP contribution in [0.5, 0.6) is 0 Å². The van der Waals surface area contributed by atoms with Crippen molar-refractivity contribution in [2.75, 3.05) is 29.9 Å². The number of pyridine rings is 2. The van der Waals surface area contributed by atoms with Gasteiger partial charge in [0.05, 0.1) is 29.2 Å². The minimum Gasteiger partial charge on any atom is -0.370 e. The molecule has 0 saturated carbocycles. The van der Waals surface area contributed by atoms with Crippen molar-refractivity contribution >= 4 is 17.8 Å². The molecule has 1 aromatic carbocycles. The van der Waals surface area contributed by atoms with Crippen LogP contribution in [0.1, 0.15) is 30.9 Å². The predicted molar refractivity (Wildman–Crippen MR) is 132 cm³/mol. The van der Waals surface area contributed by atoms with Gasteiger partial charge in [0.2, 0.25) is 0 Å². The highest BCUT2D eigenvalue weighted by atomic mass is 16.1. The third kappa shape index (κ3) is 4.66. The number of nitrogens with one attached hydrogen (secondary N) is 1. The molecule has 1 unspecified atom stereocenters. The van der Waals surface area contributed by atoms with E-state index >= 15 is 0 Å². The normalized spacial score (nSPS) is 14.5. The van der Waals surface area contributed by atoms with E-state index < -0.39 is 5.92 Å². The minimum absolute atomic E-state index is 0.369. The van der Waals surface area contributed by atoms with Crippen LogP contribution in [0, 0.1) is 0 Å². The van der Waals surface area contributed by atoms with Crippen molar-refractivity contribution in [3.8, 4) is 16.9 Å². The molecular formula is C26H27N7O. The first-order chi connectivity index (χ1) is 16.8. The number of hydrogen-bond acceptors (Lipinski definition) is 7. The average molecular weight is 454 g/mol. The molecule has 4 aromatic rings. The monoisotopic (exact) mass is 453 g/mol. The summed E-state index contributed by atoms with van der Waals surface area (Å²) in [5.74, 6) is 0.241. The SMILES string of the molecule is O=CC(CNc1ccc(N2CCCCC2)cn1)c1nnn(-c2ccncc2)c1-c1ccccc1. The van der Waals surface area contributed by atoms with Crippen LogP contribution in [0.25, 0.3) is 16.9 Å². The van der Waals surface area contributed by atoms with E-state index in [0.29, 0.717) is 12.2 Å². The number of benzene rings is 1. The Morgan fingerprint density at radius 1 is 0.941 bits per heavy atom. The lowest BCUT2D eigenvalue weighted by atomic mass is 10.0. The number of nitrogens with zero attached hydrogens (tertiary/aromatic N) is 6. The number of aldehydes is 1. The third-order valence-electron chi connectivity index (χ3n) is 6.14. The smallest absolute Gasteiger partial charge is 0.130 e. The number of piperidine rings is 1. The van der Waals surface area contributed by atoms with Crippen molar-refractivity contribution in [2.24, 2.45) is 0 Å². The highest BCUT2D eigenvalue weighted by molar-refractivity contribution is 5.72. The number of rotatable bonds is 8. The van der Waals surface area contributed by atoms with Crippen LogP contribution in [0.3, 0.4) is 0 Å². The van der Waals surface area contributed by atoms with E-state index in [9.17, 15) is 4.79 Å². The summed E-state index contributed by atoms with van der Waals surface area (Å²) in [4.78, 5) is 23.2. The van der Waals surface area contributed by atoms with Crippen molar-refractivity contribution in [3.05, 3.63) is 78.9 Å². The van der Waals surface area contributed by atoms with Gasteiger partial charge >= 0.3 is 0 Å². The van der Waals surface area contributed by atoms with Gasteiger partial charge in [0, 0.05) is 37.6 Å². The van der Waals surface area contributed by atoms with Crippen molar-refractivity contribution < 1.29 is 4.79 Å². The third-order valence-corrected chi connectivity index (χ3v) is 6.14.